The Hall–Kier alpha value is -2.78. The van der Waals surface area contributed by atoms with Gasteiger partial charge in [-0.25, -0.2) is 9.37 Å². The van der Waals surface area contributed by atoms with E-state index >= 15 is 0 Å². The predicted octanol–water partition coefficient (Wildman–Crippen LogP) is 4.21. The fourth-order valence-electron chi connectivity index (χ4n) is 3.96. The van der Waals surface area contributed by atoms with Gasteiger partial charge >= 0.3 is 0 Å². The Labute approximate surface area is 192 Å². The average molecular weight is 477 g/mol. The minimum Gasteiger partial charge on any atom is -0.338 e. The van der Waals surface area contributed by atoms with Crippen molar-refractivity contribution in [3.63, 3.8) is 0 Å². The molecule has 7 nitrogen and oxygen atoms in total. The molecule has 0 unspecified atom stereocenters. The van der Waals surface area contributed by atoms with Crippen LogP contribution in [0.3, 0.4) is 0 Å². The van der Waals surface area contributed by atoms with Gasteiger partial charge in [-0.2, -0.15) is 0 Å². The number of anilines is 1. The van der Waals surface area contributed by atoms with Gasteiger partial charge in [0.1, 0.15) is 17.2 Å². The number of piperidine rings is 1. The van der Waals surface area contributed by atoms with E-state index in [0.29, 0.717) is 27.2 Å². The third-order valence-corrected chi connectivity index (χ3v) is 7.24. The molecule has 1 aromatic carbocycles. The first kappa shape index (κ1) is 22.4. The van der Waals surface area contributed by atoms with E-state index in [-0.39, 0.29) is 34.8 Å². The van der Waals surface area contributed by atoms with E-state index in [4.69, 9.17) is 11.6 Å². The fourth-order valence-corrected chi connectivity index (χ4v) is 5.21. The summed E-state index contributed by atoms with van der Waals surface area (Å²) in [5, 5.41) is 3.03. The van der Waals surface area contributed by atoms with Gasteiger partial charge in [0.05, 0.1) is 27.3 Å². The first-order valence-electron chi connectivity index (χ1n) is 10.3. The lowest BCUT2D eigenvalue weighted by atomic mass is 10.0. The molecular formula is C22H22ClFN4O3S. The van der Waals surface area contributed by atoms with Crippen molar-refractivity contribution >= 4 is 50.7 Å². The predicted molar refractivity (Wildman–Crippen MR) is 123 cm³/mol. The highest BCUT2D eigenvalue weighted by Crippen LogP contribution is 2.29. The van der Waals surface area contributed by atoms with Crippen molar-refractivity contribution in [2.75, 3.05) is 11.9 Å². The maximum atomic E-state index is 13.3. The van der Waals surface area contributed by atoms with Crippen LogP contribution in [0.15, 0.2) is 29.3 Å². The van der Waals surface area contributed by atoms with E-state index in [1.807, 2.05) is 11.8 Å². The highest BCUT2D eigenvalue weighted by atomic mass is 35.5. The summed E-state index contributed by atoms with van der Waals surface area (Å²) < 4.78 is 14.6. The molecule has 0 saturated carbocycles. The minimum atomic E-state index is -0.510. The van der Waals surface area contributed by atoms with Gasteiger partial charge in [-0.3, -0.25) is 19.0 Å². The van der Waals surface area contributed by atoms with Gasteiger partial charge in [0.15, 0.2) is 0 Å². The molecule has 0 aliphatic carbocycles. The Morgan fingerprint density at radius 1 is 1.34 bits per heavy atom. The van der Waals surface area contributed by atoms with Crippen LogP contribution in [0.1, 0.15) is 41.4 Å². The summed E-state index contributed by atoms with van der Waals surface area (Å²) in [5.74, 6) is -1.09. The Morgan fingerprint density at radius 3 is 2.84 bits per heavy atom. The summed E-state index contributed by atoms with van der Waals surface area (Å²) in [4.78, 5) is 45.5. The van der Waals surface area contributed by atoms with Crippen molar-refractivity contribution in [1.29, 1.82) is 0 Å². The maximum absolute atomic E-state index is 13.3. The zero-order chi connectivity index (χ0) is 23.0. The van der Waals surface area contributed by atoms with Crippen molar-refractivity contribution in [1.82, 2.24) is 14.5 Å². The summed E-state index contributed by atoms with van der Waals surface area (Å²) in [6, 6.07) is 3.83. The molecule has 1 fully saturated rings. The van der Waals surface area contributed by atoms with E-state index < -0.39 is 11.7 Å². The highest BCUT2D eigenvalue weighted by molar-refractivity contribution is 7.20. The number of rotatable bonds is 4. The van der Waals surface area contributed by atoms with Gasteiger partial charge in [-0.15, -0.1) is 11.3 Å². The van der Waals surface area contributed by atoms with Crippen LogP contribution < -0.4 is 10.9 Å². The van der Waals surface area contributed by atoms with Crippen molar-refractivity contribution in [3.8, 4) is 0 Å². The van der Waals surface area contributed by atoms with Crippen molar-refractivity contribution in [3.05, 3.63) is 56.2 Å². The number of likely N-dealkylation sites (tertiary alicyclic amines) is 1. The summed E-state index contributed by atoms with van der Waals surface area (Å²) in [6.45, 7) is 4.29. The SMILES string of the molecule is Cc1c(C(=O)Nc2ccc(F)cc2Cl)sc2ncn(CC(=O)N3CCCC[C@@H]3C)c(=O)c12. The molecule has 1 aliphatic heterocycles. The highest BCUT2D eigenvalue weighted by Gasteiger charge is 2.25. The second kappa shape index (κ2) is 8.99. The summed E-state index contributed by atoms with van der Waals surface area (Å²) in [5.41, 5.74) is 0.383. The van der Waals surface area contributed by atoms with Gasteiger partial charge in [0, 0.05) is 12.6 Å². The lowest BCUT2D eigenvalue weighted by Gasteiger charge is -2.33. The third kappa shape index (κ3) is 4.27. The molecule has 0 spiro atoms. The first-order valence-corrected chi connectivity index (χ1v) is 11.5. The Balaban J connectivity index is 1.61. The van der Waals surface area contributed by atoms with Crippen LogP contribution in [0.4, 0.5) is 10.1 Å². The van der Waals surface area contributed by atoms with Crippen LogP contribution in [-0.2, 0) is 11.3 Å². The molecule has 10 heteroatoms. The number of hydrogen-bond acceptors (Lipinski definition) is 5. The van der Waals surface area contributed by atoms with Crippen molar-refractivity contribution in [2.24, 2.45) is 0 Å². The number of nitrogens with one attached hydrogen (secondary N) is 1. The Morgan fingerprint density at radius 2 is 2.12 bits per heavy atom. The molecule has 168 valence electrons. The van der Waals surface area contributed by atoms with Crippen LogP contribution in [0.2, 0.25) is 5.02 Å². The molecule has 2 aromatic heterocycles. The number of aryl methyl sites for hydroxylation is 1. The van der Waals surface area contributed by atoms with E-state index in [1.54, 1.807) is 6.92 Å². The van der Waals surface area contributed by atoms with Gasteiger partial charge in [-0.05, 0) is 56.9 Å². The Bertz CT molecular complexity index is 1270. The molecule has 3 aromatic rings. The third-order valence-electron chi connectivity index (χ3n) is 5.73. The molecule has 1 aliphatic rings. The zero-order valence-electron chi connectivity index (χ0n) is 17.7. The van der Waals surface area contributed by atoms with Crippen molar-refractivity contribution in [2.45, 2.75) is 45.7 Å². The maximum Gasteiger partial charge on any atom is 0.266 e. The minimum absolute atomic E-state index is 0.0723. The second-order valence-electron chi connectivity index (χ2n) is 7.92. The number of fused-ring (bicyclic) bond motifs is 1. The van der Waals surface area contributed by atoms with Crippen LogP contribution in [0.25, 0.3) is 10.2 Å². The first-order chi connectivity index (χ1) is 15.3. The van der Waals surface area contributed by atoms with Gasteiger partial charge in [-0.1, -0.05) is 11.6 Å². The van der Waals surface area contributed by atoms with E-state index in [9.17, 15) is 18.8 Å². The van der Waals surface area contributed by atoms with Crippen LogP contribution in [0.5, 0.6) is 0 Å². The number of carbonyl (C=O) groups is 2. The van der Waals surface area contributed by atoms with Crippen molar-refractivity contribution < 1.29 is 14.0 Å². The monoisotopic (exact) mass is 476 g/mol. The van der Waals surface area contributed by atoms with E-state index in [0.717, 1.165) is 36.7 Å². The molecule has 4 rings (SSSR count). The lowest BCUT2D eigenvalue weighted by molar-refractivity contribution is -0.135. The quantitative estimate of drug-likeness (QED) is 0.611. The molecule has 1 N–H and O–H groups in total. The number of benzene rings is 1. The fraction of sp³-hybridized carbons (Fsp3) is 0.364. The van der Waals surface area contributed by atoms with Gasteiger partial charge in [0.2, 0.25) is 5.91 Å². The number of aromatic nitrogens is 2. The zero-order valence-corrected chi connectivity index (χ0v) is 19.2. The summed E-state index contributed by atoms with van der Waals surface area (Å²) >= 11 is 7.08. The average Bonchev–Trinajstić information content (AvgIpc) is 3.09. The van der Waals surface area contributed by atoms with Gasteiger partial charge in [0.25, 0.3) is 11.5 Å². The lowest BCUT2D eigenvalue weighted by Crippen LogP contribution is -2.44. The van der Waals surface area contributed by atoms with E-state index in [2.05, 4.69) is 10.3 Å². The molecule has 1 atom stereocenters. The molecule has 0 radical (unpaired) electrons. The Kier molecular flexibility index (Phi) is 6.30. The van der Waals surface area contributed by atoms with Crippen LogP contribution >= 0.6 is 22.9 Å². The van der Waals surface area contributed by atoms with Crippen LogP contribution in [-0.4, -0.2) is 38.9 Å². The molecule has 0 bridgehead atoms. The number of amides is 2. The summed E-state index contributed by atoms with van der Waals surface area (Å²) in [6.07, 6.45) is 4.37. The smallest absolute Gasteiger partial charge is 0.266 e. The second-order valence-corrected chi connectivity index (χ2v) is 9.33. The number of hydrogen-bond donors (Lipinski definition) is 1. The number of nitrogens with zero attached hydrogens (tertiary/aromatic N) is 3. The van der Waals surface area contributed by atoms with Crippen LogP contribution in [0, 0.1) is 12.7 Å². The number of halogens is 2. The molecular weight excluding hydrogens is 455 g/mol. The number of carbonyl (C=O) groups excluding carboxylic acids is 2. The molecule has 32 heavy (non-hydrogen) atoms. The molecule has 3 heterocycles. The molecule has 1 saturated heterocycles. The normalized spacial score (nSPS) is 16.4. The molecule has 2 amide bonds. The van der Waals surface area contributed by atoms with E-state index in [1.165, 1.54) is 23.0 Å². The number of thiophene rings is 1. The summed E-state index contributed by atoms with van der Waals surface area (Å²) in [7, 11) is 0. The largest absolute Gasteiger partial charge is 0.338 e. The van der Waals surface area contributed by atoms with Gasteiger partial charge < -0.3 is 10.2 Å². The topological polar surface area (TPSA) is 84.3 Å². The standard InChI is InChI=1S/C22H22ClFN4O3S/c1-12-5-3-4-8-28(12)17(29)10-27-11-25-21-18(22(27)31)13(2)19(32-21)20(30)26-16-7-6-14(24)9-15(16)23/h6-7,9,11-12H,3-5,8,10H2,1-2H3,(H,26,30)/t12-/m0/s1.